The van der Waals surface area contributed by atoms with E-state index in [9.17, 15) is 15.0 Å². The van der Waals surface area contributed by atoms with Gasteiger partial charge in [0, 0.05) is 10.6 Å². The first-order chi connectivity index (χ1) is 13.5. The summed E-state index contributed by atoms with van der Waals surface area (Å²) in [4.78, 5) is 25.5. The molecule has 0 unspecified atom stereocenters. The number of carboxylic acid groups (broad SMARTS) is 1. The first-order valence-corrected chi connectivity index (χ1v) is 9.82. The quantitative estimate of drug-likeness (QED) is 0.435. The molecule has 0 radical (unpaired) electrons. The number of thiophene rings is 1. The van der Waals surface area contributed by atoms with Crippen LogP contribution in [-0.2, 0) is 0 Å². The number of hydrogen-bond acceptors (Lipinski definition) is 8. The highest BCUT2D eigenvalue weighted by atomic mass is 32.2. The predicted octanol–water partition coefficient (Wildman–Crippen LogP) is 4.69. The third-order valence-electron chi connectivity index (χ3n) is 3.85. The molecule has 0 saturated carbocycles. The van der Waals surface area contributed by atoms with E-state index in [0.717, 1.165) is 20.2 Å². The van der Waals surface area contributed by atoms with Gasteiger partial charge in [0.1, 0.15) is 22.8 Å². The maximum atomic E-state index is 11.5. The van der Waals surface area contributed by atoms with Crippen molar-refractivity contribution in [2.75, 3.05) is 5.32 Å². The molecule has 7 nitrogen and oxygen atoms in total. The lowest BCUT2D eigenvalue weighted by Crippen LogP contribution is -1.98. The number of aromatic nitrogens is 3. The SMILES string of the molecule is Cc1ccc2c(Nc3cc(C(=O)O)sc3Sc3ccc(O)cc3)ncnc2n1. The Balaban J connectivity index is 1.73. The number of phenolic OH excluding ortho intramolecular Hbond substituents is 1. The smallest absolute Gasteiger partial charge is 0.345 e. The molecule has 0 atom stereocenters. The van der Waals surface area contributed by atoms with E-state index in [2.05, 4.69) is 20.3 Å². The molecule has 0 amide bonds. The molecule has 4 aromatic rings. The molecule has 0 aliphatic heterocycles. The largest absolute Gasteiger partial charge is 0.508 e. The molecule has 3 aromatic heterocycles. The van der Waals surface area contributed by atoms with Gasteiger partial charge in [-0.3, -0.25) is 0 Å². The minimum atomic E-state index is -0.990. The Labute approximate surface area is 168 Å². The molecule has 1 aromatic carbocycles. The van der Waals surface area contributed by atoms with E-state index in [1.807, 2.05) is 19.1 Å². The van der Waals surface area contributed by atoms with E-state index in [-0.39, 0.29) is 10.6 Å². The topological polar surface area (TPSA) is 108 Å². The van der Waals surface area contributed by atoms with Gasteiger partial charge in [-0.05, 0) is 49.4 Å². The molecule has 140 valence electrons. The molecule has 0 aliphatic rings. The van der Waals surface area contributed by atoms with Crippen LogP contribution in [0.15, 0.2) is 57.9 Å². The summed E-state index contributed by atoms with van der Waals surface area (Å²) >= 11 is 2.58. The molecule has 0 aliphatic carbocycles. The second-order valence-electron chi connectivity index (χ2n) is 5.88. The molecule has 4 rings (SSSR count). The number of aromatic carboxylic acids is 1. The van der Waals surface area contributed by atoms with Gasteiger partial charge in [0.15, 0.2) is 5.65 Å². The number of carboxylic acids is 1. The van der Waals surface area contributed by atoms with Crippen LogP contribution >= 0.6 is 23.1 Å². The zero-order chi connectivity index (χ0) is 19.7. The van der Waals surface area contributed by atoms with E-state index in [1.54, 1.807) is 30.3 Å². The summed E-state index contributed by atoms with van der Waals surface area (Å²) < 4.78 is 0.773. The number of nitrogens with one attached hydrogen (secondary N) is 1. The van der Waals surface area contributed by atoms with E-state index < -0.39 is 5.97 Å². The molecule has 0 fully saturated rings. The van der Waals surface area contributed by atoms with E-state index >= 15 is 0 Å². The van der Waals surface area contributed by atoms with Crippen molar-refractivity contribution in [3.05, 3.63) is 59.4 Å². The second kappa shape index (κ2) is 7.45. The lowest BCUT2D eigenvalue weighted by atomic mass is 10.2. The van der Waals surface area contributed by atoms with Crippen molar-refractivity contribution in [2.45, 2.75) is 16.0 Å². The number of rotatable bonds is 5. The highest BCUT2D eigenvalue weighted by Crippen LogP contribution is 2.42. The average Bonchev–Trinajstić information content (AvgIpc) is 3.06. The van der Waals surface area contributed by atoms with Crippen LogP contribution in [0.2, 0.25) is 0 Å². The summed E-state index contributed by atoms with van der Waals surface area (Å²) in [7, 11) is 0. The molecular weight excluding hydrogens is 396 g/mol. The van der Waals surface area contributed by atoms with Crippen LogP contribution in [0.1, 0.15) is 15.4 Å². The van der Waals surface area contributed by atoms with Crippen LogP contribution in [0.25, 0.3) is 11.0 Å². The lowest BCUT2D eigenvalue weighted by molar-refractivity contribution is 0.0702. The summed E-state index contributed by atoms with van der Waals surface area (Å²) in [5, 5.41) is 22.8. The number of benzene rings is 1. The van der Waals surface area contributed by atoms with Gasteiger partial charge in [-0.25, -0.2) is 19.7 Å². The van der Waals surface area contributed by atoms with Crippen LogP contribution in [-0.4, -0.2) is 31.1 Å². The van der Waals surface area contributed by atoms with Gasteiger partial charge < -0.3 is 15.5 Å². The van der Waals surface area contributed by atoms with Gasteiger partial charge in [0.05, 0.1) is 15.3 Å². The Morgan fingerprint density at radius 2 is 1.93 bits per heavy atom. The molecule has 3 heterocycles. The van der Waals surface area contributed by atoms with Crippen LogP contribution < -0.4 is 5.32 Å². The number of aryl methyl sites for hydroxylation is 1. The van der Waals surface area contributed by atoms with Crippen molar-refractivity contribution < 1.29 is 15.0 Å². The number of aromatic hydroxyl groups is 1. The summed E-state index contributed by atoms with van der Waals surface area (Å²) in [6.45, 7) is 1.89. The van der Waals surface area contributed by atoms with Gasteiger partial charge in [0.2, 0.25) is 0 Å². The van der Waals surface area contributed by atoms with Gasteiger partial charge in [0.25, 0.3) is 0 Å². The minimum Gasteiger partial charge on any atom is -0.508 e. The standard InChI is InChI=1S/C19H14N4O3S2/c1-10-2-7-13-16(22-10)20-9-21-17(13)23-14-8-15(18(25)26)28-19(14)27-12-5-3-11(24)4-6-12/h2-9,24H,1H3,(H,25,26)(H,20,21,22,23). The van der Waals surface area contributed by atoms with Gasteiger partial charge in [-0.2, -0.15) is 0 Å². The van der Waals surface area contributed by atoms with E-state index in [1.165, 1.54) is 29.4 Å². The van der Waals surface area contributed by atoms with Crippen molar-refractivity contribution in [3.63, 3.8) is 0 Å². The van der Waals surface area contributed by atoms with E-state index in [4.69, 9.17) is 0 Å². The first kappa shape index (κ1) is 18.2. The first-order valence-electron chi connectivity index (χ1n) is 8.19. The molecule has 9 heteroatoms. The summed E-state index contributed by atoms with van der Waals surface area (Å²) in [5.41, 5.74) is 2.06. The van der Waals surface area contributed by atoms with E-state index in [0.29, 0.717) is 17.2 Å². The van der Waals surface area contributed by atoms with Crippen molar-refractivity contribution in [1.82, 2.24) is 15.0 Å². The van der Waals surface area contributed by atoms with Crippen molar-refractivity contribution in [1.29, 1.82) is 0 Å². The third-order valence-corrected chi connectivity index (χ3v) is 6.18. The third kappa shape index (κ3) is 3.75. The Kier molecular flexibility index (Phi) is 4.84. The summed E-state index contributed by atoms with van der Waals surface area (Å²) in [5.74, 6) is -0.259. The molecule has 0 bridgehead atoms. The van der Waals surface area contributed by atoms with Gasteiger partial charge >= 0.3 is 5.97 Å². The number of nitrogens with zero attached hydrogens (tertiary/aromatic N) is 3. The van der Waals surface area contributed by atoms with Crippen LogP contribution in [0, 0.1) is 6.92 Å². The fourth-order valence-electron chi connectivity index (χ4n) is 2.53. The number of fused-ring (bicyclic) bond motifs is 1. The number of phenols is 1. The Morgan fingerprint density at radius 3 is 2.68 bits per heavy atom. The average molecular weight is 410 g/mol. The zero-order valence-electron chi connectivity index (χ0n) is 14.6. The summed E-state index contributed by atoms with van der Waals surface area (Å²) in [6, 6.07) is 12.1. The van der Waals surface area contributed by atoms with Crippen LogP contribution in [0.4, 0.5) is 11.5 Å². The number of hydrogen-bond donors (Lipinski definition) is 3. The molecular formula is C19H14N4O3S2. The van der Waals surface area contributed by atoms with Crippen molar-refractivity contribution >= 4 is 51.6 Å². The van der Waals surface area contributed by atoms with Crippen LogP contribution in [0.3, 0.4) is 0 Å². The van der Waals surface area contributed by atoms with Crippen molar-refractivity contribution in [2.24, 2.45) is 0 Å². The highest BCUT2D eigenvalue weighted by Gasteiger charge is 2.17. The van der Waals surface area contributed by atoms with Gasteiger partial charge in [-0.15, -0.1) is 11.3 Å². The molecule has 3 N–H and O–H groups in total. The Bertz CT molecular complexity index is 1180. The zero-order valence-corrected chi connectivity index (χ0v) is 16.2. The predicted molar refractivity (Wildman–Crippen MR) is 109 cm³/mol. The maximum Gasteiger partial charge on any atom is 0.345 e. The second-order valence-corrected chi connectivity index (χ2v) is 8.28. The Hall–Kier alpha value is -3.17. The number of pyridine rings is 1. The van der Waals surface area contributed by atoms with Crippen LogP contribution in [0.5, 0.6) is 5.75 Å². The lowest BCUT2D eigenvalue weighted by Gasteiger charge is -2.09. The molecule has 0 spiro atoms. The highest BCUT2D eigenvalue weighted by molar-refractivity contribution is 8.01. The molecule has 28 heavy (non-hydrogen) atoms. The fraction of sp³-hybridized carbons (Fsp3) is 0.0526. The number of anilines is 2. The van der Waals surface area contributed by atoms with Crippen molar-refractivity contribution in [3.8, 4) is 5.75 Å². The molecule has 0 saturated heterocycles. The normalized spacial score (nSPS) is 10.9. The summed E-state index contributed by atoms with van der Waals surface area (Å²) in [6.07, 6.45) is 1.42. The fourth-order valence-corrected chi connectivity index (χ4v) is 4.64. The minimum absolute atomic E-state index is 0.176. The maximum absolute atomic E-state index is 11.5. The Morgan fingerprint density at radius 1 is 1.14 bits per heavy atom. The van der Waals surface area contributed by atoms with Gasteiger partial charge in [-0.1, -0.05) is 11.8 Å². The number of carbonyl (C=O) groups is 1. The monoisotopic (exact) mass is 410 g/mol.